The molecule has 0 fully saturated rings. The summed E-state index contributed by atoms with van der Waals surface area (Å²) in [6.45, 7) is 8.69. The summed E-state index contributed by atoms with van der Waals surface area (Å²) in [6.07, 6.45) is 18.1. The molecule has 0 bridgehead atoms. The summed E-state index contributed by atoms with van der Waals surface area (Å²) in [5.74, 6) is 1.81. The molecular weight excluding hydrogens is 777 g/mol. The Morgan fingerprint density at radius 3 is 1.52 bits per heavy atom. The zero-order valence-corrected chi connectivity index (χ0v) is 34.5. The third-order valence-corrected chi connectivity index (χ3v) is 12.1. The van der Waals surface area contributed by atoms with Gasteiger partial charge in [0, 0.05) is 34.0 Å². The zero-order chi connectivity index (χ0) is 41.9. The van der Waals surface area contributed by atoms with Crippen LogP contribution < -0.4 is 0 Å². The average Bonchev–Trinajstić information content (AvgIpc) is 3.62. The molecule has 1 aliphatic carbocycles. The quantitative estimate of drug-likeness (QED) is 0.151. The minimum atomic E-state index is -0.699. The molecule has 62 heavy (non-hydrogen) atoms. The Morgan fingerprint density at radius 2 is 0.968 bits per heavy atom. The van der Waals surface area contributed by atoms with Crippen molar-refractivity contribution >= 4 is 11.8 Å². The van der Waals surface area contributed by atoms with Crippen molar-refractivity contribution in [2.24, 2.45) is 0 Å². The van der Waals surface area contributed by atoms with Crippen LogP contribution in [0.1, 0.15) is 11.1 Å². The highest BCUT2D eigenvalue weighted by Crippen LogP contribution is 2.57. The van der Waals surface area contributed by atoms with E-state index < -0.39 is 5.41 Å². The van der Waals surface area contributed by atoms with Crippen molar-refractivity contribution in [3.63, 3.8) is 0 Å². The van der Waals surface area contributed by atoms with Crippen LogP contribution in [0.15, 0.2) is 230 Å². The second-order valence-electron chi connectivity index (χ2n) is 14.8. The predicted molar refractivity (Wildman–Crippen MR) is 254 cm³/mol. The number of hydrogen-bond acceptors (Lipinski definition) is 7. The molecule has 7 heteroatoms. The monoisotopic (exact) mass is 814 g/mol. The number of nitrogens with zero attached hydrogens (tertiary/aromatic N) is 6. The minimum Gasteiger partial charge on any atom is -0.255 e. The van der Waals surface area contributed by atoms with Crippen LogP contribution in [0.2, 0.25) is 0 Å². The topological polar surface area (TPSA) is 77.3 Å². The Bertz CT molecular complexity index is 2830. The molecule has 4 aromatic carbocycles. The summed E-state index contributed by atoms with van der Waals surface area (Å²) in [5.41, 5.74) is 12.6. The fraction of sp³-hybridized carbons (Fsp3) is 0.0182. The number of allylic oxidation sites excluding steroid dienone is 8. The van der Waals surface area contributed by atoms with Crippen LogP contribution in [0.4, 0.5) is 0 Å². The van der Waals surface area contributed by atoms with Crippen molar-refractivity contribution in [1.29, 1.82) is 0 Å². The molecule has 8 aromatic rings. The van der Waals surface area contributed by atoms with E-state index in [9.17, 15) is 0 Å². The zero-order valence-electron chi connectivity index (χ0n) is 33.6. The van der Waals surface area contributed by atoms with Gasteiger partial charge < -0.3 is 0 Å². The summed E-state index contributed by atoms with van der Waals surface area (Å²) >= 11 is 1.64. The van der Waals surface area contributed by atoms with Crippen LogP contribution in [-0.2, 0) is 5.41 Å². The van der Waals surface area contributed by atoms with Crippen molar-refractivity contribution in [2.45, 2.75) is 5.41 Å². The molecular formula is C55H38N6S. The van der Waals surface area contributed by atoms with E-state index in [2.05, 4.69) is 101 Å². The van der Waals surface area contributed by atoms with E-state index in [-0.39, 0.29) is 0 Å². The van der Waals surface area contributed by atoms with Crippen molar-refractivity contribution in [3.8, 4) is 79.2 Å². The van der Waals surface area contributed by atoms with Gasteiger partial charge in [-0.05, 0) is 92.9 Å². The maximum Gasteiger partial charge on any atom is 0.164 e. The number of thioether (sulfide) groups is 1. The first-order chi connectivity index (χ1) is 30.6. The second-order valence-corrected chi connectivity index (χ2v) is 15.7. The van der Waals surface area contributed by atoms with Crippen molar-refractivity contribution in [2.75, 3.05) is 0 Å². The van der Waals surface area contributed by atoms with Gasteiger partial charge in [0.2, 0.25) is 0 Å². The molecule has 1 unspecified atom stereocenters. The minimum absolute atomic E-state index is 0.588. The SMILES string of the molecule is C=C/C1=C(\C=C)C2(/C=C/C=C\C=C\S1)c1ccc(-c3cc(-c4ccccn4)nc(-c4ccccn4)c3)cc1-c1cc(-c3nc(-c4ccccc4)nc(-c4ccccc4)n3)ccc12. The lowest BCUT2D eigenvalue weighted by Gasteiger charge is -2.32. The maximum atomic E-state index is 5.12. The molecule has 294 valence electrons. The summed E-state index contributed by atoms with van der Waals surface area (Å²) in [6, 6.07) is 49.5. The number of fused-ring (bicyclic) bond motifs is 5. The molecule has 2 aliphatic rings. The number of aromatic nitrogens is 6. The maximum absolute atomic E-state index is 5.12. The van der Waals surface area contributed by atoms with E-state index in [1.165, 1.54) is 0 Å². The van der Waals surface area contributed by atoms with Crippen molar-refractivity contribution in [1.82, 2.24) is 29.9 Å². The summed E-state index contributed by atoms with van der Waals surface area (Å²) < 4.78 is 0. The molecule has 0 saturated carbocycles. The second kappa shape index (κ2) is 16.6. The lowest BCUT2D eigenvalue weighted by atomic mass is 9.71. The van der Waals surface area contributed by atoms with Crippen LogP contribution in [0.25, 0.3) is 79.2 Å². The highest BCUT2D eigenvalue weighted by molar-refractivity contribution is 8.06. The van der Waals surface area contributed by atoms with Gasteiger partial charge in [0.1, 0.15) is 0 Å². The summed E-state index contributed by atoms with van der Waals surface area (Å²) in [4.78, 5) is 30.6. The number of pyridine rings is 3. The van der Waals surface area contributed by atoms with E-state index in [0.29, 0.717) is 17.5 Å². The smallest absolute Gasteiger partial charge is 0.164 e. The van der Waals surface area contributed by atoms with Crippen LogP contribution in [0.5, 0.6) is 0 Å². The van der Waals surface area contributed by atoms with Gasteiger partial charge >= 0.3 is 0 Å². The summed E-state index contributed by atoms with van der Waals surface area (Å²) in [5, 5.41) is 2.09. The van der Waals surface area contributed by atoms with Crippen LogP contribution in [0.3, 0.4) is 0 Å². The fourth-order valence-electron chi connectivity index (χ4n) is 8.33. The van der Waals surface area contributed by atoms with Crippen LogP contribution >= 0.6 is 11.8 Å². The van der Waals surface area contributed by atoms with Gasteiger partial charge in [0.25, 0.3) is 0 Å². The van der Waals surface area contributed by atoms with Crippen molar-refractivity contribution in [3.05, 3.63) is 241 Å². The third kappa shape index (κ3) is 7.04. The number of rotatable bonds is 8. The Kier molecular flexibility index (Phi) is 10.3. The molecule has 0 N–H and O–H groups in total. The number of benzene rings is 4. The molecule has 5 heterocycles. The molecule has 1 spiro atoms. The van der Waals surface area contributed by atoms with E-state index in [1.54, 1.807) is 24.2 Å². The lowest BCUT2D eigenvalue weighted by Crippen LogP contribution is -2.25. The Morgan fingerprint density at radius 1 is 0.435 bits per heavy atom. The van der Waals surface area contributed by atoms with Gasteiger partial charge in [0.05, 0.1) is 28.2 Å². The lowest BCUT2D eigenvalue weighted by molar-refractivity contribution is 0.802. The normalized spacial score (nSPS) is 18.0. The molecule has 4 aromatic heterocycles. The molecule has 6 nitrogen and oxygen atoms in total. The average molecular weight is 815 g/mol. The van der Waals surface area contributed by atoms with Gasteiger partial charge in [-0.25, -0.2) is 19.9 Å². The fourth-order valence-corrected chi connectivity index (χ4v) is 9.12. The molecule has 0 radical (unpaired) electrons. The third-order valence-electron chi connectivity index (χ3n) is 11.2. The van der Waals surface area contributed by atoms with Gasteiger partial charge in [-0.15, -0.1) is 0 Å². The molecule has 1 atom stereocenters. The molecule has 10 rings (SSSR count). The van der Waals surface area contributed by atoms with E-state index >= 15 is 0 Å². The largest absolute Gasteiger partial charge is 0.255 e. The first kappa shape index (κ1) is 38.3. The molecule has 1 aliphatic heterocycles. The highest BCUT2D eigenvalue weighted by Gasteiger charge is 2.44. The van der Waals surface area contributed by atoms with Gasteiger partial charge in [-0.1, -0.05) is 165 Å². The Hall–Kier alpha value is -7.87. The molecule has 0 saturated heterocycles. The van der Waals surface area contributed by atoms with Crippen LogP contribution in [0, 0.1) is 0 Å². The van der Waals surface area contributed by atoms with Crippen LogP contribution in [-0.4, -0.2) is 29.9 Å². The number of hydrogen-bond donors (Lipinski definition) is 0. The van der Waals surface area contributed by atoms with E-state index in [1.807, 2.05) is 115 Å². The first-order valence-corrected chi connectivity index (χ1v) is 21.2. The predicted octanol–water partition coefficient (Wildman–Crippen LogP) is 13.3. The van der Waals surface area contributed by atoms with Gasteiger partial charge in [0.15, 0.2) is 17.5 Å². The van der Waals surface area contributed by atoms with Crippen molar-refractivity contribution < 1.29 is 0 Å². The van der Waals surface area contributed by atoms with Gasteiger partial charge in [-0.3, -0.25) is 9.97 Å². The van der Waals surface area contributed by atoms with E-state index in [0.717, 1.165) is 83.3 Å². The highest BCUT2D eigenvalue weighted by atomic mass is 32.2. The summed E-state index contributed by atoms with van der Waals surface area (Å²) in [7, 11) is 0. The van der Waals surface area contributed by atoms with E-state index in [4.69, 9.17) is 19.9 Å². The Labute approximate surface area is 365 Å². The standard InChI is InChI=1S/C55H38N6S/c1-3-44-51(4-2)62-32-18-6-5-15-29-55(44)45-27-25-39(41-35-49(47-23-13-16-30-56-47)58-50(36-41)48-24-14-17-31-57-48)33-42(45)43-34-40(26-28-46(43)55)54-60-52(37-19-9-7-10-20-37)59-53(61-54)38-21-11-8-12-22-38/h3-36H,1-2H2/b6-5-,29-15+,32-18+,51-44-. The Balaban J connectivity index is 1.23. The molecule has 0 amide bonds. The van der Waals surface area contributed by atoms with Gasteiger partial charge in [-0.2, -0.15) is 0 Å². The first-order valence-electron chi connectivity index (χ1n) is 20.3.